The van der Waals surface area contributed by atoms with Crippen molar-refractivity contribution >= 4 is 23.6 Å². The van der Waals surface area contributed by atoms with Crippen LogP contribution in [0.15, 0.2) is 38.5 Å². The largest absolute Gasteiger partial charge is 0.478 e. The van der Waals surface area contributed by atoms with Gasteiger partial charge in [0.2, 0.25) is 0 Å². The summed E-state index contributed by atoms with van der Waals surface area (Å²) in [7, 11) is 0. The lowest BCUT2D eigenvalue weighted by Gasteiger charge is -2.05. The minimum absolute atomic E-state index is 0.0189. The van der Waals surface area contributed by atoms with Crippen molar-refractivity contribution in [1.29, 1.82) is 0 Å². The lowest BCUT2D eigenvalue weighted by Crippen LogP contribution is -2.23. The van der Waals surface area contributed by atoms with E-state index < -0.39 is 17.4 Å². The van der Waals surface area contributed by atoms with Crippen LogP contribution in [0.2, 0.25) is 0 Å². The molecule has 2 aromatic rings. The number of aromatic carboxylic acids is 1. The van der Waals surface area contributed by atoms with Gasteiger partial charge in [0, 0.05) is 11.0 Å². The van der Waals surface area contributed by atoms with Gasteiger partial charge in [0.25, 0.3) is 11.5 Å². The molecular formula is C14H13NO5S. The summed E-state index contributed by atoms with van der Waals surface area (Å²) in [6, 6.07) is 6.15. The minimum atomic E-state index is -1.01. The molecule has 0 atom stereocenters. The summed E-state index contributed by atoms with van der Waals surface area (Å²) in [6.07, 6.45) is 0. The van der Waals surface area contributed by atoms with Gasteiger partial charge in [-0.15, -0.1) is 16.5 Å². The molecule has 0 spiro atoms. The van der Waals surface area contributed by atoms with E-state index in [2.05, 4.69) is 0 Å². The van der Waals surface area contributed by atoms with Crippen molar-refractivity contribution in [2.24, 2.45) is 0 Å². The Labute approximate surface area is 124 Å². The molecule has 0 amide bonds. The fourth-order valence-corrected chi connectivity index (χ4v) is 2.52. The summed E-state index contributed by atoms with van der Waals surface area (Å²) in [4.78, 5) is 35.0. The van der Waals surface area contributed by atoms with E-state index in [4.69, 9.17) is 9.63 Å². The molecule has 0 saturated heterocycles. The summed E-state index contributed by atoms with van der Waals surface area (Å²) < 4.78 is 5.70. The predicted octanol–water partition coefficient (Wildman–Crippen LogP) is 2.19. The summed E-state index contributed by atoms with van der Waals surface area (Å²) >= 11 is 1.15. The number of rotatable bonds is 4. The van der Waals surface area contributed by atoms with Crippen LogP contribution in [0, 0.1) is 13.8 Å². The molecule has 6 nitrogen and oxygen atoms in total. The first-order valence-electron chi connectivity index (χ1n) is 6.08. The first kappa shape index (κ1) is 15.1. The maximum atomic E-state index is 11.9. The van der Waals surface area contributed by atoms with Crippen LogP contribution in [0.3, 0.4) is 0 Å². The second kappa shape index (κ2) is 6.01. The van der Waals surface area contributed by atoms with E-state index in [-0.39, 0.29) is 11.3 Å². The van der Waals surface area contributed by atoms with Crippen molar-refractivity contribution in [2.45, 2.75) is 18.7 Å². The zero-order chi connectivity index (χ0) is 15.6. The van der Waals surface area contributed by atoms with Gasteiger partial charge in [-0.05, 0) is 31.5 Å². The Morgan fingerprint density at radius 2 is 2.00 bits per heavy atom. The van der Waals surface area contributed by atoms with Crippen LogP contribution < -0.4 is 5.56 Å². The third-order valence-corrected chi connectivity index (χ3v) is 3.77. The van der Waals surface area contributed by atoms with Gasteiger partial charge in [-0.25, -0.2) is 4.79 Å². The predicted molar refractivity (Wildman–Crippen MR) is 77.2 cm³/mol. The zero-order valence-electron chi connectivity index (χ0n) is 11.5. The van der Waals surface area contributed by atoms with Crippen molar-refractivity contribution in [3.63, 3.8) is 0 Å². The van der Waals surface area contributed by atoms with Crippen LogP contribution >= 0.6 is 11.8 Å². The number of carboxylic acid groups (broad SMARTS) is 1. The van der Waals surface area contributed by atoms with Crippen molar-refractivity contribution < 1.29 is 19.2 Å². The number of hydrogen-bond acceptors (Lipinski definition) is 5. The molecule has 21 heavy (non-hydrogen) atoms. The van der Waals surface area contributed by atoms with Crippen molar-refractivity contribution in [3.05, 3.63) is 51.5 Å². The molecule has 7 heteroatoms. The van der Waals surface area contributed by atoms with Crippen LogP contribution in [-0.4, -0.2) is 27.5 Å². The van der Waals surface area contributed by atoms with Gasteiger partial charge in [-0.3, -0.25) is 9.59 Å². The Morgan fingerprint density at radius 1 is 1.29 bits per heavy atom. The van der Waals surface area contributed by atoms with E-state index in [1.54, 1.807) is 26.0 Å². The van der Waals surface area contributed by atoms with Crippen molar-refractivity contribution in [1.82, 2.24) is 4.74 Å². The number of aromatic nitrogens is 1. The standard InChI is InChI=1S/C14H13NO5S/c1-8-3-4-10(6-11(8)14(18)19)21-7-13(17)15-12(16)5-9(2)20-15/h3-6H,7H2,1-2H3,(H,18,19). The highest BCUT2D eigenvalue weighted by Gasteiger charge is 2.13. The first-order chi connectivity index (χ1) is 9.88. The smallest absolute Gasteiger partial charge is 0.335 e. The van der Waals surface area contributed by atoms with E-state index in [1.165, 1.54) is 12.1 Å². The van der Waals surface area contributed by atoms with Gasteiger partial charge in [0.15, 0.2) is 0 Å². The van der Waals surface area contributed by atoms with E-state index in [0.717, 1.165) is 11.8 Å². The SMILES string of the molecule is Cc1cc(=O)n(C(=O)CSc2ccc(C)c(C(=O)O)c2)o1. The average Bonchev–Trinajstić information content (AvgIpc) is 2.76. The molecule has 1 N–H and O–H groups in total. The lowest BCUT2D eigenvalue weighted by atomic mass is 10.1. The van der Waals surface area contributed by atoms with Crippen LogP contribution in [0.1, 0.15) is 26.5 Å². The highest BCUT2D eigenvalue weighted by molar-refractivity contribution is 8.00. The molecule has 0 aliphatic rings. The maximum Gasteiger partial charge on any atom is 0.335 e. The maximum absolute atomic E-state index is 11.9. The molecule has 0 aliphatic carbocycles. The summed E-state index contributed by atoms with van der Waals surface area (Å²) in [5.41, 5.74) is 0.336. The highest BCUT2D eigenvalue weighted by Crippen LogP contribution is 2.21. The quantitative estimate of drug-likeness (QED) is 0.871. The van der Waals surface area contributed by atoms with Gasteiger partial charge < -0.3 is 9.63 Å². The van der Waals surface area contributed by atoms with Crippen LogP contribution in [0.25, 0.3) is 0 Å². The van der Waals surface area contributed by atoms with E-state index >= 15 is 0 Å². The van der Waals surface area contributed by atoms with Crippen LogP contribution in [-0.2, 0) is 0 Å². The molecular weight excluding hydrogens is 294 g/mol. The second-order valence-electron chi connectivity index (χ2n) is 4.44. The monoisotopic (exact) mass is 307 g/mol. The third kappa shape index (κ3) is 3.43. The average molecular weight is 307 g/mol. The molecule has 0 aliphatic heterocycles. The fourth-order valence-electron chi connectivity index (χ4n) is 1.75. The number of carboxylic acids is 1. The molecule has 1 heterocycles. The number of aryl methyl sites for hydroxylation is 2. The Kier molecular flexibility index (Phi) is 4.32. The number of thioether (sulfide) groups is 1. The van der Waals surface area contributed by atoms with Crippen molar-refractivity contribution in [2.75, 3.05) is 5.75 Å². The highest BCUT2D eigenvalue weighted by atomic mass is 32.2. The molecule has 110 valence electrons. The van der Waals surface area contributed by atoms with E-state index in [1.807, 2.05) is 0 Å². The first-order valence-corrected chi connectivity index (χ1v) is 7.07. The number of carbonyl (C=O) groups is 2. The van der Waals surface area contributed by atoms with E-state index in [9.17, 15) is 14.4 Å². The minimum Gasteiger partial charge on any atom is -0.478 e. The molecule has 0 fully saturated rings. The Hall–Kier alpha value is -2.28. The number of benzene rings is 1. The Bertz CT molecular complexity index is 759. The van der Waals surface area contributed by atoms with Gasteiger partial charge in [0.1, 0.15) is 5.76 Å². The van der Waals surface area contributed by atoms with Crippen LogP contribution in [0.4, 0.5) is 0 Å². The second-order valence-corrected chi connectivity index (χ2v) is 5.49. The fraction of sp³-hybridized carbons (Fsp3) is 0.214. The normalized spacial score (nSPS) is 10.6. The Morgan fingerprint density at radius 3 is 2.57 bits per heavy atom. The molecule has 1 aromatic carbocycles. The molecule has 0 bridgehead atoms. The molecule has 0 radical (unpaired) electrons. The van der Waals surface area contributed by atoms with Gasteiger partial charge in [-0.1, -0.05) is 6.07 Å². The number of nitrogens with zero attached hydrogens (tertiary/aromatic N) is 1. The molecule has 1 aromatic heterocycles. The summed E-state index contributed by atoms with van der Waals surface area (Å²) in [5, 5.41) is 9.05. The molecule has 0 saturated carbocycles. The topological polar surface area (TPSA) is 89.5 Å². The zero-order valence-corrected chi connectivity index (χ0v) is 12.3. The third-order valence-electron chi connectivity index (χ3n) is 2.79. The number of hydrogen-bond donors (Lipinski definition) is 1. The lowest BCUT2D eigenvalue weighted by molar-refractivity contribution is 0.0695. The van der Waals surface area contributed by atoms with Gasteiger partial charge >= 0.3 is 5.97 Å². The van der Waals surface area contributed by atoms with Gasteiger partial charge in [-0.2, -0.15) is 0 Å². The number of carbonyl (C=O) groups excluding carboxylic acids is 1. The van der Waals surface area contributed by atoms with Gasteiger partial charge in [0.05, 0.1) is 11.3 Å². The Balaban J connectivity index is 2.11. The molecule has 0 unspecified atom stereocenters. The summed E-state index contributed by atoms with van der Waals surface area (Å²) in [6.45, 7) is 3.28. The van der Waals surface area contributed by atoms with Crippen LogP contribution in [0.5, 0.6) is 0 Å². The molecule has 2 rings (SSSR count). The summed E-state index contributed by atoms with van der Waals surface area (Å²) in [5.74, 6) is -1.16. The van der Waals surface area contributed by atoms with E-state index in [0.29, 0.717) is 21.0 Å². The van der Waals surface area contributed by atoms with Crippen molar-refractivity contribution in [3.8, 4) is 0 Å².